The van der Waals surface area contributed by atoms with Gasteiger partial charge in [-0.3, -0.25) is 15.3 Å². The van der Waals surface area contributed by atoms with E-state index in [-0.39, 0.29) is 5.82 Å². The molecule has 2 aromatic heterocycles. The number of nitrogens with zero attached hydrogens (tertiary/aromatic N) is 3. The number of hydrogen-bond acceptors (Lipinski definition) is 8. The van der Waals surface area contributed by atoms with Gasteiger partial charge in [0.1, 0.15) is 29.8 Å². The van der Waals surface area contributed by atoms with Crippen LogP contribution in [0.5, 0.6) is 0 Å². The second-order valence-electron chi connectivity index (χ2n) is 5.37. The average Bonchev–Trinajstić information content (AvgIpc) is 2.96. The van der Waals surface area contributed by atoms with Gasteiger partial charge in [0.15, 0.2) is 5.82 Å². The molecule has 126 valence electrons. The topological polar surface area (TPSA) is 133 Å². The summed E-state index contributed by atoms with van der Waals surface area (Å²) in [5.74, 6) is 0.200. The van der Waals surface area contributed by atoms with Gasteiger partial charge in [-0.25, -0.2) is 9.97 Å². The highest BCUT2D eigenvalue weighted by atomic mass is 127. The Hall–Kier alpha value is -0.570. The number of fused-ring (bicyclic) bond motifs is 1. The molecule has 0 saturated carbocycles. The van der Waals surface area contributed by atoms with E-state index < -0.39 is 29.1 Å². The highest BCUT2D eigenvalue weighted by Gasteiger charge is 2.63. The minimum atomic E-state index is -1.76. The molecule has 2 aromatic rings. The van der Waals surface area contributed by atoms with E-state index in [1.165, 1.54) is 17.8 Å². The van der Waals surface area contributed by atoms with E-state index in [0.717, 1.165) is 0 Å². The van der Waals surface area contributed by atoms with Crippen LogP contribution in [0.1, 0.15) is 6.92 Å². The number of aliphatic hydroxyl groups is 3. The largest absolute Gasteiger partial charge is 0.394 e. The molecule has 0 radical (unpaired) electrons. The van der Waals surface area contributed by atoms with Crippen LogP contribution in [0.3, 0.4) is 0 Å². The Kier molecular flexibility index (Phi) is 4.32. The molecule has 3 heterocycles. The molecule has 0 bridgehead atoms. The number of hydrogen-bond donors (Lipinski definition) is 5. The molecule has 1 aliphatic rings. The van der Waals surface area contributed by atoms with Crippen LogP contribution in [0.2, 0.25) is 0 Å². The van der Waals surface area contributed by atoms with Gasteiger partial charge in [-0.15, -0.1) is 0 Å². The predicted octanol–water partition coefficient (Wildman–Crippen LogP) is 0.345. The first-order valence-electron chi connectivity index (χ1n) is 6.58. The third-order valence-electron chi connectivity index (χ3n) is 3.99. The van der Waals surface area contributed by atoms with Crippen LogP contribution in [0, 0.1) is 3.57 Å². The first-order chi connectivity index (χ1) is 10.8. The summed E-state index contributed by atoms with van der Waals surface area (Å²) < 4.78 is 6.31. The van der Waals surface area contributed by atoms with Crippen LogP contribution in [-0.2, 0) is 9.37 Å². The van der Waals surface area contributed by atoms with Crippen molar-refractivity contribution in [3.8, 4) is 0 Å². The van der Waals surface area contributed by atoms with Gasteiger partial charge in [0, 0.05) is 9.77 Å². The summed E-state index contributed by atoms with van der Waals surface area (Å²) in [5.41, 5.74) is 0.607. The van der Waals surface area contributed by atoms with E-state index >= 15 is 0 Å². The average molecular weight is 501 g/mol. The number of ether oxygens (including phenoxy) is 1. The van der Waals surface area contributed by atoms with Crippen molar-refractivity contribution in [2.24, 2.45) is 0 Å². The fraction of sp³-hybridized carbons (Fsp3) is 0.500. The molecule has 0 unspecified atom stereocenters. The number of aliphatic hydroxyl groups excluding tert-OH is 2. The van der Waals surface area contributed by atoms with Crippen molar-refractivity contribution in [3.05, 3.63) is 16.1 Å². The lowest BCUT2D eigenvalue weighted by Gasteiger charge is -2.35. The van der Waals surface area contributed by atoms with Crippen LogP contribution in [0.25, 0.3) is 11.0 Å². The maximum absolute atomic E-state index is 10.8. The standard InChI is InChI=1S/C12H14BrIN4O5/c1-11(21)8(20)6(3-19)23-12(11,13)18-2-5(14)7-9(17-22)15-4-16-10(7)18/h2,4,6,8,19-22H,3H2,1H3,(H,15,16,17)/t6-,8-,11-,12+/m1/s1. The Bertz CT molecular complexity index is 756. The van der Waals surface area contributed by atoms with Gasteiger partial charge < -0.3 is 20.1 Å². The Morgan fingerprint density at radius 3 is 2.78 bits per heavy atom. The summed E-state index contributed by atoms with van der Waals surface area (Å²) in [6, 6.07) is 0. The van der Waals surface area contributed by atoms with Crippen molar-refractivity contribution in [2.75, 3.05) is 12.1 Å². The molecule has 0 aromatic carbocycles. The van der Waals surface area contributed by atoms with Crippen molar-refractivity contribution in [3.63, 3.8) is 0 Å². The molecule has 3 rings (SSSR count). The number of halogens is 2. The summed E-state index contributed by atoms with van der Waals surface area (Å²) in [6.07, 6.45) is 0.584. The Morgan fingerprint density at radius 2 is 2.22 bits per heavy atom. The van der Waals surface area contributed by atoms with Gasteiger partial charge in [0.05, 0.1) is 12.0 Å². The maximum Gasteiger partial charge on any atom is 0.235 e. The molecular formula is C12H14BrIN4O5. The zero-order valence-electron chi connectivity index (χ0n) is 11.8. The van der Waals surface area contributed by atoms with Crippen molar-refractivity contribution in [1.82, 2.24) is 14.5 Å². The maximum atomic E-state index is 10.8. The molecule has 9 nitrogen and oxygen atoms in total. The van der Waals surface area contributed by atoms with Gasteiger partial charge in [0.2, 0.25) is 4.63 Å². The van der Waals surface area contributed by atoms with E-state index in [1.807, 2.05) is 28.1 Å². The van der Waals surface area contributed by atoms with E-state index in [9.17, 15) is 20.5 Å². The monoisotopic (exact) mass is 500 g/mol. The summed E-state index contributed by atoms with van der Waals surface area (Å²) in [6.45, 7) is 0.937. The van der Waals surface area contributed by atoms with E-state index in [4.69, 9.17) is 4.74 Å². The van der Waals surface area contributed by atoms with Gasteiger partial charge in [-0.2, -0.15) is 0 Å². The summed E-state index contributed by atoms with van der Waals surface area (Å²) >= 11 is 5.38. The molecule has 23 heavy (non-hydrogen) atoms. The molecular weight excluding hydrogens is 487 g/mol. The normalized spacial score (nSPS) is 34.2. The minimum absolute atomic E-state index is 0.200. The number of aromatic nitrogens is 3. The predicted molar refractivity (Wildman–Crippen MR) is 91.1 cm³/mol. The van der Waals surface area contributed by atoms with Crippen molar-refractivity contribution in [1.29, 1.82) is 0 Å². The molecule has 11 heteroatoms. The second kappa shape index (κ2) is 5.75. The smallest absolute Gasteiger partial charge is 0.235 e. The molecule has 1 fully saturated rings. The fourth-order valence-corrected chi connectivity index (χ4v) is 4.21. The van der Waals surface area contributed by atoms with Crippen molar-refractivity contribution >= 4 is 55.4 Å². The second-order valence-corrected chi connectivity index (χ2v) is 7.61. The molecule has 0 spiro atoms. The molecule has 4 atom stereocenters. The first kappa shape index (κ1) is 17.3. The molecule has 0 aliphatic carbocycles. The third-order valence-corrected chi connectivity index (χ3v) is 6.18. The zero-order chi connectivity index (χ0) is 17.0. The number of anilines is 1. The van der Waals surface area contributed by atoms with Crippen molar-refractivity contribution in [2.45, 2.75) is 29.4 Å². The van der Waals surface area contributed by atoms with E-state index in [1.54, 1.807) is 6.20 Å². The fourth-order valence-electron chi connectivity index (χ4n) is 2.69. The lowest BCUT2D eigenvalue weighted by Crippen LogP contribution is -2.52. The van der Waals surface area contributed by atoms with Gasteiger partial charge >= 0.3 is 0 Å². The Morgan fingerprint density at radius 1 is 1.52 bits per heavy atom. The van der Waals surface area contributed by atoms with Crippen LogP contribution in [-0.4, -0.2) is 59.5 Å². The van der Waals surface area contributed by atoms with Crippen LogP contribution in [0.4, 0.5) is 5.82 Å². The summed E-state index contributed by atoms with van der Waals surface area (Å²) in [4.78, 5) is 8.11. The van der Waals surface area contributed by atoms with Crippen molar-refractivity contribution < 1.29 is 25.3 Å². The molecule has 5 N–H and O–H groups in total. The lowest BCUT2D eigenvalue weighted by atomic mass is 9.96. The molecule has 1 aliphatic heterocycles. The number of nitrogens with one attached hydrogen (secondary N) is 1. The van der Waals surface area contributed by atoms with Gasteiger partial charge in [0.25, 0.3) is 0 Å². The summed E-state index contributed by atoms with van der Waals surface area (Å²) in [5, 5.41) is 40.1. The van der Waals surface area contributed by atoms with Gasteiger partial charge in [-0.1, -0.05) is 0 Å². The van der Waals surface area contributed by atoms with Crippen LogP contribution in [0.15, 0.2) is 12.5 Å². The quantitative estimate of drug-likeness (QED) is 0.231. The number of rotatable bonds is 3. The minimum Gasteiger partial charge on any atom is -0.394 e. The van der Waals surface area contributed by atoms with Gasteiger partial charge in [-0.05, 0) is 45.4 Å². The Balaban J connectivity index is 2.24. The highest BCUT2D eigenvalue weighted by molar-refractivity contribution is 14.1. The third kappa shape index (κ3) is 2.29. The number of alkyl halides is 1. The first-order valence-corrected chi connectivity index (χ1v) is 8.45. The van der Waals surface area contributed by atoms with E-state index in [2.05, 4.69) is 25.9 Å². The van der Waals surface area contributed by atoms with Crippen LogP contribution < -0.4 is 5.48 Å². The van der Waals surface area contributed by atoms with Crippen LogP contribution >= 0.6 is 38.5 Å². The lowest BCUT2D eigenvalue weighted by molar-refractivity contribution is -0.116. The Labute approximate surface area is 152 Å². The SMILES string of the molecule is C[C@@]1(O)[C@H](O)[C@@H](CO)O[C@@]1(Br)n1cc(I)c2c(NO)ncnc21. The summed E-state index contributed by atoms with van der Waals surface area (Å²) in [7, 11) is 0. The molecule has 1 saturated heterocycles. The molecule has 0 amide bonds. The van der Waals surface area contributed by atoms with E-state index in [0.29, 0.717) is 14.6 Å². The highest BCUT2D eigenvalue weighted by Crippen LogP contribution is 2.50. The zero-order valence-corrected chi connectivity index (χ0v) is 15.6.